The number of carbonyl (C=O) groups is 1. The van der Waals surface area contributed by atoms with Crippen LogP contribution in [0, 0.1) is 6.92 Å². The summed E-state index contributed by atoms with van der Waals surface area (Å²) in [5.41, 5.74) is 2.83. The Hall–Kier alpha value is -3.80. The largest absolute Gasteiger partial charge is 0.363 e. The molecule has 0 fully saturated rings. The molecule has 2 aromatic carbocycles. The van der Waals surface area contributed by atoms with Crippen molar-refractivity contribution in [1.29, 1.82) is 0 Å². The number of rotatable bonds is 5. The number of benzene rings is 2. The molecule has 0 spiro atoms. The van der Waals surface area contributed by atoms with Crippen LogP contribution < -0.4 is 10.6 Å². The lowest BCUT2D eigenvalue weighted by atomic mass is 10.1. The van der Waals surface area contributed by atoms with Crippen LogP contribution in [0.3, 0.4) is 0 Å². The van der Waals surface area contributed by atoms with Crippen LogP contribution in [0.5, 0.6) is 0 Å². The van der Waals surface area contributed by atoms with E-state index in [1.807, 2.05) is 67.6 Å². The number of fused-ring (bicyclic) bond motifs is 1. The van der Waals surface area contributed by atoms with Gasteiger partial charge in [0.25, 0.3) is 5.91 Å². The molecule has 2 heterocycles. The predicted molar refractivity (Wildman–Crippen MR) is 115 cm³/mol. The average Bonchev–Trinajstić information content (AvgIpc) is 2.74. The van der Waals surface area contributed by atoms with Crippen molar-refractivity contribution in [3.05, 3.63) is 90.0 Å². The first kappa shape index (κ1) is 18.6. The van der Waals surface area contributed by atoms with Crippen molar-refractivity contribution in [3.8, 4) is 0 Å². The Morgan fingerprint density at radius 1 is 0.966 bits per heavy atom. The zero-order chi connectivity index (χ0) is 20.2. The number of hydrogen-bond donors (Lipinski definition) is 2. The van der Waals surface area contributed by atoms with E-state index < -0.39 is 0 Å². The first-order valence-electron chi connectivity index (χ1n) is 9.42. The summed E-state index contributed by atoms with van der Waals surface area (Å²) >= 11 is 0. The number of aryl methyl sites for hydroxylation is 1. The van der Waals surface area contributed by atoms with E-state index in [4.69, 9.17) is 0 Å². The smallest absolute Gasteiger partial charge is 0.274 e. The molecule has 0 saturated carbocycles. The Bertz CT molecular complexity index is 1150. The van der Waals surface area contributed by atoms with Crippen LogP contribution in [0.4, 0.5) is 11.5 Å². The van der Waals surface area contributed by atoms with Crippen LogP contribution in [0.1, 0.15) is 34.8 Å². The molecule has 29 heavy (non-hydrogen) atoms. The number of nitrogens with one attached hydrogen (secondary N) is 2. The van der Waals surface area contributed by atoms with E-state index in [-0.39, 0.29) is 11.9 Å². The lowest BCUT2D eigenvalue weighted by molar-refractivity contribution is 0.102. The number of aromatic nitrogens is 3. The van der Waals surface area contributed by atoms with Crippen molar-refractivity contribution in [1.82, 2.24) is 15.0 Å². The molecule has 4 rings (SSSR count). The van der Waals surface area contributed by atoms with Crippen LogP contribution in [0.2, 0.25) is 0 Å². The van der Waals surface area contributed by atoms with Gasteiger partial charge in [-0.3, -0.25) is 9.78 Å². The monoisotopic (exact) mass is 383 g/mol. The van der Waals surface area contributed by atoms with Crippen molar-refractivity contribution in [2.24, 2.45) is 0 Å². The minimum Gasteiger partial charge on any atom is -0.363 e. The van der Waals surface area contributed by atoms with Gasteiger partial charge in [-0.25, -0.2) is 9.97 Å². The number of carbonyl (C=O) groups excluding carboxylic acids is 1. The topological polar surface area (TPSA) is 79.8 Å². The van der Waals surface area contributed by atoms with Crippen LogP contribution in [-0.4, -0.2) is 20.9 Å². The molecule has 6 nitrogen and oxygen atoms in total. The van der Waals surface area contributed by atoms with E-state index in [1.54, 1.807) is 19.2 Å². The summed E-state index contributed by atoms with van der Waals surface area (Å²) < 4.78 is 0. The van der Waals surface area contributed by atoms with Gasteiger partial charge in [0.15, 0.2) is 0 Å². The van der Waals surface area contributed by atoms with Crippen LogP contribution in [0.15, 0.2) is 72.9 Å². The SMILES string of the molecule is Cc1nc(NC(C)c2ccccc2)cc(C(=O)Nc2cccc3cccnc23)n1. The molecule has 0 aliphatic rings. The summed E-state index contributed by atoms with van der Waals surface area (Å²) in [6, 6.07) is 21.3. The number of amides is 1. The Balaban J connectivity index is 1.57. The van der Waals surface area contributed by atoms with Crippen molar-refractivity contribution in [2.45, 2.75) is 19.9 Å². The molecule has 2 aromatic heterocycles. The molecule has 6 heteroatoms. The third kappa shape index (κ3) is 4.21. The molecule has 0 aliphatic carbocycles. The maximum atomic E-state index is 12.9. The molecule has 1 amide bonds. The summed E-state index contributed by atoms with van der Waals surface area (Å²) in [6.45, 7) is 3.82. The third-order valence-electron chi connectivity index (χ3n) is 4.62. The number of pyridine rings is 1. The molecule has 0 aliphatic heterocycles. The maximum Gasteiger partial charge on any atom is 0.274 e. The van der Waals surface area contributed by atoms with Crippen molar-refractivity contribution < 1.29 is 4.79 Å². The number of anilines is 2. The molecular weight excluding hydrogens is 362 g/mol. The first-order chi connectivity index (χ1) is 14.1. The molecule has 2 N–H and O–H groups in total. The van der Waals surface area contributed by atoms with Crippen LogP contribution in [0.25, 0.3) is 10.9 Å². The summed E-state index contributed by atoms with van der Waals surface area (Å²) in [4.78, 5) is 26.0. The normalized spacial score (nSPS) is 11.8. The molecule has 144 valence electrons. The molecule has 1 atom stereocenters. The minimum absolute atomic E-state index is 0.0451. The Morgan fingerprint density at radius 3 is 2.59 bits per heavy atom. The van der Waals surface area contributed by atoms with Gasteiger partial charge in [-0.15, -0.1) is 0 Å². The van der Waals surface area contributed by atoms with Gasteiger partial charge in [0, 0.05) is 23.7 Å². The van der Waals surface area contributed by atoms with Gasteiger partial charge in [-0.1, -0.05) is 48.5 Å². The van der Waals surface area contributed by atoms with E-state index >= 15 is 0 Å². The molecule has 1 unspecified atom stereocenters. The van der Waals surface area contributed by atoms with Gasteiger partial charge in [0.1, 0.15) is 17.3 Å². The Morgan fingerprint density at radius 2 is 1.76 bits per heavy atom. The zero-order valence-corrected chi connectivity index (χ0v) is 16.3. The van der Waals surface area contributed by atoms with Gasteiger partial charge in [-0.2, -0.15) is 0 Å². The van der Waals surface area contributed by atoms with E-state index in [0.717, 1.165) is 16.5 Å². The van der Waals surface area contributed by atoms with Gasteiger partial charge in [-0.05, 0) is 31.5 Å². The third-order valence-corrected chi connectivity index (χ3v) is 4.62. The van der Waals surface area contributed by atoms with Gasteiger partial charge >= 0.3 is 0 Å². The molecule has 0 radical (unpaired) electrons. The van der Waals surface area contributed by atoms with E-state index in [9.17, 15) is 4.79 Å². The average molecular weight is 383 g/mol. The molecule has 4 aromatic rings. The standard InChI is InChI=1S/C23H21N5O/c1-15(17-8-4-3-5-9-17)25-21-14-20(26-16(2)27-21)23(29)28-19-12-6-10-18-11-7-13-24-22(18)19/h3-15H,1-2H3,(H,28,29)(H,25,26,27). The zero-order valence-electron chi connectivity index (χ0n) is 16.3. The first-order valence-corrected chi connectivity index (χ1v) is 9.42. The van der Waals surface area contributed by atoms with Crippen molar-refractivity contribution >= 4 is 28.3 Å². The van der Waals surface area contributed by atoms with E-state index in [2.05, 4.69) is 25.6 Å². The fourth-order valence-corrected chi connectivity index (χ4v) is 3.20. The van der Waals surface area contributed by atoms with E-state index in [1.165, 1.54) is 0 Å². The minimum atomic E-state index is -0.302. The molecule has 0 saturated heterocycles. The number of hydrogen-bond acceptors (Lipinski definition) is 5. The lowest BCUT2D eigenvalue weighted by Gasteiger charge is -2.16. The fourth-order valence-electron chi connectivity index (χ4n) is 3.20. The van der Waals surface area contributed by atoms with E-state index in [0.29, 0.717) is 23.0 Å². The number of para-hydroxylation sites is 1. The highest BCUT2D eigenvalue weighted by Crippen LogP contribution is 2.22. The Kier molecular flexibility index (Phi) is 5.16. The van der Waals surface area contributed by atoms with Gasteiger partial charge in [0.2, 0.25) is 0 Å². The van der Waals surface area contributed by atoms with Gasteiger partial charge in [0.05, 0.1) is 11.2 Å². The van der Waals surface area contributed by atoms with Crippen molar-refractivity contribution in [2.75, 3.05) is 10.6 Å². The summed E-state index contributed by atoms with van der Waals surface area (Å²) in [5.74, 6) is 0.829. The molecular formula is C23H21N5O. The second kappa shape index (κ2) is 8.06. The second-order valence-corrected chi connectivity index (χ2v) is 6.80. The second-order valence-electron chi connectivity index (χ2n) is 6.80. The summed E-state index contributed by atoms with van der Waals surface area (Å²) in [7, 11) is 0. The van der Waals surface area contributed by atoms with Crippen LogP contribution >= 0.6 is 0 Å². The van der Waals surface area contributed by atoms with Gasteiger partial charge < -0.3 is 10.6 Å². The Labute approximate surface area is 169 Å². The van der Waals surface area contributed by atoms with Crippen molar-refractivity contribution in [3.63, 3.8) is 0 Å². The highest BCUT2D eigenvalue weighted by molar-refractivity contribution is 6.07. The maximum absolute atomic E-state index is 12.9. The quantitative estimate of drug-likeness (QED) is 0.519. The lowest BCUT2D eigenvalue weighted by Crippen LogP contribution is -2.17. The molecule has 0 bridgehead atoms. The summed E-state index contributed by atoms with van der Waals surface area (Å²) in [5, 5.41) is 7.23. The highest BCUT2D eigenvalue weighted by atomic mass is 16.1. The van der Waals surface area contributed by atoms with Crippen LogP contribution in [-0.2, 0) is 0 Å². The summed E-state index contributed by atoms with van der Waals surface area (Å²) in [6.07, 6.45) is 1.71. The number of nitrogens with zero attached hydrogens (tertiary/aromatic N) is 3. The highest BCUT2D eigenvalue weighted by Gasteiger charge is 2.14. The predicted octanol–water partition coefficient (Wildman–Crippen LogP) is 4.76. The fraction of sp³-hybridized carbons (Fsp3) is 0.130.